The number of amides is 1. The van der Waals surface area contributed by atoms with Crippen molar-refractivity contribution in [3.63, 3.8) is 0 Å². The molecule has 4 rings (SSSR count). The molecule has 1 aromatic heterocycles. The van der Waals surface area contributed by atoms with Crippen LogP contribution in [0.1, 0.15) is 46.4 Å². The van der Waals surface area contributed by atoms with E-state index in [2.05, 4.69) is 35.4 Å². The first-order chi connectivity index (χ1) is 16.0. The van der Waals surface area contributed by atoms with Gasteiger partial charge in [0.15, 0.2) is 0 Å². The number of rotatable bonds is 6. The minimum Gasteiger partial charge on any atom is -0.381 e. The molecule has 0 saturated carbocycles. The minimum absolute atomic E-state index is 0.113. The number of hydrogen-bond donors (Lipinski definition) is 2. The summed E-state index contributed by atoms with van der Waals surface area (Å²) in [5.74, 6) is 1.31. The maximum atomic E-state index is 12.9. The fourth-order valence-corrected chi connectivity index (χ4v) is 5.32. The molecule has 0 aliphatic carbocycles. The molecule has 0 atom stereocenters. The van der Waals surface area contributed by atoms with Gasteiger partial charge in [0.1, 0.15) is 5.82 Å². The summed E-state index contributed by atoms with van der Waals surface area (Å²) in [6.45, 7) is 10.3. The van der Waals surface area contributed by atoms with Crippen molar-refractivity contribution in [2.24, 2.45) is 5.92 Å². The first-order valence-electron chi connectivity index (χ1n) is 11.5. The van der Waals surface area contributed by atoms with Gasteiger partial charge >= 0.3 is 0 Å². The van der Waals surface area contributed by atoms with Crippen molar-refractivity contribution in [3.05, 3.63) is 48.3 Å². The smallest absolute Gasteiger partial charge is 0.261 e. The number of sulfonamides is 1. The monoisotopic (exact) mass is 484 g/mol. The van der Waals surface area contributed by atoms with Crippen molar-refractivity contribution >= 4 is 38.3 Å². The third-order valence-electron chi connectivity index (χ3n) is 5.94. The molecule has 3 aromatic rings. The zero-order valence-corrected chi connectivity index (χ0v) is 20.9. The van der Waals surface area contributed by atoms with E-state index in [-0.39, 0.29) is 16.2 Å². The average Bonchev–Trinajstić information content (AvgIpc) is 3.12. The van der Waals surface area contributed by atoms with Gasteiger partial charge in [-0.1, -0.05) is 20.8 Å². The molecule has 1 saturated heterocycles. The van der Waals surface area contributed by atoms with Crippen LogP contribution in [0.3, 0.4) is 0 Å². The lowest BCUT2D eigenvalue weighted by Gasteiger charge is -2.26. The number of fused-ring (bicyclic) bond motifs is 1. The lowest BCUT2D eigenvalue weighted by molar-refractivity contribution is -0.114. The van der Waals surface area contributed by atoms with E-state index in [0.717, 1.165) is 49.5 Å². The van der Waals surface area contributed by atoms with Crippen LogP contribution in [0.15, 0.2) is 47.4 Å². The van der Waals surface area contributed by atoms with Crippen LogP contribution in [0.25, 0.3) is 11.0 Å². The largest absolute Gasteiger partial charge is 0.381 e. The molecule has 2 N–H and O–H groups in total. The van der Waals surface area contributed by atoms with Crippen LogP contribution in [0.5, 0.6) is 0 Å². The summed E-state index contributed by atoms with van der Waals surface area (Å²) < 4.78 is 36.3. The van der Waals surface area contributed by atoms with E-state index in [0.29, 0.717) is 17.3 Å². The maximum Gasteiger partial charge on any atom is 0.261 e. The van der Waals surface area contributed by atoms with Crippen LogP contribution in [0.4, 0.5) is 11.4 Å². The first kappa shape index (κ1) is 24.2. The van der Waals surface area contributed by atoms with Crippen molar-refractivity contribution in [3.8, 4) is 0 Å². The number of carbonyl (C=O) groups is 1. The molecule has 8 nitrogen and oxygen atoms in total. The van der Waals surface area contributed by atoms with Crippen LogP contribution in [0, 0.1) is 5.92 Å². The fraction of sp³-hybridized carbons (Fsp3) is 0.440. The highest BCUT2D eigenvalue weighted by Crippen LogP contribution is 2.31. The summed E-state index contributed by atoms with van der Waals surface area (Å²) in [6, 6.07) is 11.6. The molecule has 1 amide bonds. The Labute approximate surface area is 200 Å². The van der Waals surface area contributed by atoms with Gasteiger partial charge in [0.25, 0.3) is 10.0 Å². The van der Waals surface area contributed by atoms with Gasteiger partial charge in [-0.05, 0) is 61.2 Å². The first-order valence-corrected chi connectivity index (χ1v) is 13.0. The molecular formula is C25H32N4O4S. The van der Waals surface area contributed by atoms with Gasteiger partial charge in [0.2, 0.25) is 5.91 Å². The van der Waals surface area contributed by atoms with Crippen LogP contribution in [0.2, 0.25) is 0 Å². The molecule has 0 spiro atoms. The standard InChI is InChI=1S/C25H32N4O4S/c1-17(30)26-19-5-8-21(9-6-19)34(31,32)28-20-7-10-23-22(15-20)27-24(25(2,3)4)29(23)16-18-11-13-33-14-12-18/h5-10,15,18,28H,11-14,16H2,1-4H3,(H,26,30). The number of ether oxygens (including phenoxy) is 1. The predicted molar refractivity (Wildman–Crippen MR) is 134 cm³/mol. The molecule has 9 heteroatoms. The molecule has 1 aliphatic heterocycles. The van der Waals surface area contributed by atoms with Gasteiger partial charge in [-0.25, -0.2) is 13.4 Å². The predicted octanol–water partition coefficient (Wildman–Crippen LogP) is 4.52. The highest BCUT2D eigenvalue weighted by atomic mass is 32.2. The Morgan fingerprint density at radius 3 is 2.35 bits per heavy atom. The molecular weight excluding hydrogens is 452 g/mol. The Kier molecular flexibility index (Phi) is 6.69. The average molecular weight is 485 g/mol. The van der Waals surface area contributed by atoms with Crippen LogP contribution >= 0.6 is 0 Å². The number of hydrogen-bond acceptors (Lipinski definition) is 5. The number of benzene rings is 2. The molecule has 2 heterocycles. The summed E-state index contributed by atoms with van der Waals surface area (Å²) in [6.07, 6.45) is 2.06. The SMILES string of the molecule is CC(=O)Nc1ccc(S(=O)(=O)Nc2ccc3c(c2)nc(C(C)(C)C)n3CC2CCOCC2)cc1. The van der Waals surface area contributed by atoms with E-state index in [4.69, 9.17) is 9.72 Å². The second-order valence-corrected chi connectivity index (χ2v) is 11.5. The number of nitrogens with one attached hydrogen (secondary N) is 2. The van der Waals surface area contributed by atoms with E-state index in [1.165, 1.54) is 19.1 Å². The Balaban J connectivity index is 1.62. The highest BCUT2D eigenvalue weighted by Gasteiger charge is 2.26. The van der Waals surface area contributed by atoms with E-state index in [1.807, 2.05) is 6.07 Å². The van der Waals surface area contributed by atoms with Gasteiger partial charge in [0, 0.05) is 37.8 Å². The second kappa shape index (κ2) is 9.38. The van der Waals surface area contributed by atoms with E-state index in [1.54, 1.807) is 24.3 Å². The minimum atomic E-state index is -3.79. The van der Waals surface area contributed by atoms with Crippen LogP contribution in [-0.2, 0) is 31.5 Å². The Hall–Kier alpha value is -2.91. The summed E-state index contributed by atoms with van der Waals surface area (Å²) in [4.78, 5) is 16.2. The summed E-state index contributed by atoms with van der Waals surface area (Å²) in [5.41, 5.74) is 2.60. The molecule has 1 fully saturated rings. The Morgan fingerprint density at radius 1 is 1.09 bits per heavy atom. The highest BCUT2D eigenvalue weighted by molar-refractivity contribution is 7.92. The molecule has 2 aromatic carbocycles. The van der Waals surface area contributed by atoms with Gasteiger partial charge in [0.05, 0.1) is 21.6 Å². The van der Waals surface area contributed by atoms with Gasteiger partial charge in [-0.15, -0.1) is 0 Å². The van der Waals surface area contributed by atoms with E-state index in [9.17, 15) is 13.2 Å². The van der Waals surface area contributed by atoms with Gasteiger partial charge < -0.3 is 14.6 Å². The third kappa shape index (κ3) is 5.42. The lowest BCUT2D eigenvalue weighted by atomic mass is 9.94. The zero-order valence-electron chi connectivity index (χ0n) is 20.1. The van der Waals surface area contributed by atoms with Crippen molar-refractivity contribution < 1.29 is 17.9 Å². The van der Waals surface area contributed by atoms with Crippen molar-refractivity contribution in [1.29, 1.82) is 0 Å². The van der Waals surface area contributed by atoms with Crippen LogP contribution < -0.4 is 10.0 Å². The number of anilines is 2. The topological polar surface area (TPSA) is 102 Å². The van der Waals surface area contributed by atoms with E-state index < -0.39 is 10.0 Å². The molecule has 1 aliphatic rings. The third-order valence-corrected chi connectivity index (χ3v) is 7.34. The summed E-state index contributed by atoms with van der Waals surface area (Å²) >= 11 is 0. The number of imidazole rings is 1. The van der Waals surface area contributed by atoms with Crippen molar-refractivity contribution in [1.82, 2.24) is 9.55 Å². The molecule has 0 bridgehead atoms. The van der Waals surface area contributed by atoms with Gasteiger partial charge in [-0.3, -0.25) is 9.52 Å². The number of aromatic nitrogens is 2. The molecule has 0 radical (unpaired) electrons. The quantitative estimate of drug-likeness (QED) is 0.536. The molecule has 0 unspecified atom stereocenters. The molecule has 182 valence electrons. The Morgan fingerprint density at radius 2 is 1.74 bits per heavy atom. The summed E-state index contributed by atoms with van der Waals surface area (Å²) in [7, 11) is -3.79. The molecule has 34 heavy (non-hydrogen) atoms. The van der Waals surface area contributed by atoms with Crippen LogP contribution in [-0.4, -0.2) is 37.1 Å². The normalized spacial score (nSPS) is 15.4. The maximum absolute atomic E-state index is 12.9. The van der Waals surface area contributed by atoms with E-state index >= 15 is 0 Å². The second-order valence-electron chi connectivity index (χ2n) is 9.87. The Bertz CT molecular complexity index is 1280. The number of nitrogens with zero attached hydrogens (tertiary/aromatic N) is 2. The zero-order chi connectivity index (χ0) is 24.5. The van der Waals surface area contributed by atoms with Gasteiger partial charge in [-0.2, -0.15) is 0 Å². The van der Waals surface area contributed by atoms with Crippen molar-refractivity contribution in [2.45, 2.75) is 57.4 Å². The summed E-state index contributed by atoms with van der Waals surface area (Å²) in [5, 5.41) is 2.63. The van der Waals surface area contributed by atoms with Crippen molar-refractivity contribution in [2.75, 3.05) is 23.3 Å². The lowest BCUT2D eigenvalue weighted by Crippen LogP contribution is -2.25. The fourth-order valence-electron chi connectivity index (χ4n) is 4.27. The number of carbonyl (C=O) groups excluding carboxylic acids is 1.